The van der Waals surface area contributed by atoms with Crippen LogP contribution >= 0.6 is 0 Å². The number of fused-ring (bicyclic) bond motifs is 1. The van der Waals surface area contributed by atoms with Crippen LogP contribution in [0.3, 0.4) is 0 Å². The second kappa shape index (κ2) is 6.28. The molecule has 2 heterocycles. The number of furan rings is 1. The SMILES string of the molecule is Cc1nc2ccccc2n1CCNC(=O)c1occc1C(C)C. The van der Waals surface area contributed by atoms with Crippen molar-refractivity contribution in [2.24, 2.45) is 0 Å². The number of carbonyl (C=O) groups is 1. The second-order valence-electron chi connectivity index (χ2n) is 5.92. The van der Waals surface area contributed by atoms with Gasteiger partial charge in [-0.1, -0.05) is 26.0 Å². The topological polar surface area (TPSA) is 60.1 Å². The summed E-state index contributed by atoms with van der Waals surface area (Å²) in [5.74, 6) is 1.45. The summed E-state index contributed by atoms with van der Waals surface area (Å²) in [6.07, 6.45) is 1.57. The monoisotopic (exact) mass is 311 g/mol. The van der Waals surface area contributed by atoms with Gasteiger partial charge in [-0.2, -0.15) is 0 Å². The van der Waals surface area contributed by atoms with Gasteiger partial charge in [-0.3, -0.25) is 4.79 Å². The number of amides is 1. The molecular weight excluding hydrogens is 290 g/mol. The minimum Gasteiger partial charge on any atom is -0.459 e. The molecule has 0 spiro atoms. The number of aromatic nitrogens is 2. The van der Waals surface area contributed by atoms with E-state index in [1.54, 1.807) is 6.26 Å². The van der Waals surface area contributed by atoms with Crippen LogP contribution in [-0.2, 0) is 6.54 Å². The largest absolute Gasteiger partial charge is 0.459 e. The van der Waals surface area contributed by atoms with Gasteiger partial charge in [-0.05, 0) is 31.0 Å². The summed E-state index contributed by atoms with van der Waals surface area (Å²) in [6.45, 7) is 7.27. The third-order valence-electron chi connectivity index (χ3n) is 3.99. The van der Waals surface area contributed by atoms with Gasteiger partial charge in [0.2, 0.25) is 0 Å². The van der Waals surface area contributed by atoms with E-state index >= 15 is 0 Å². The lowest BCUT2D eigenvalue weighted by Crippen LogP contribution is -2.28. The second-order valence-corrected chi connectivity index (χ2v) is 5.92. The standard InChI is InChI=1S/C18H21N3O2/c1-12(2)14-8-11-23-17(14)18(22)19-9-10-21-13(3)20-15-6-4-5-7-16(15)21/h4-8,11-12H,9-10H2,1-3H3,(H,19,22). The van der Waals surface area contributed by atoms with Crippen LogP contribution in [0.25, 0.3) is 11.0 Å². The Bertz CT molecular complexity index is 830. The van der Waals surface area contributed by atoms with Crippen LogP contribution in [0.5, 0.6) is 0 Å². The molecule has 3 rings (SSSR count). The van der Waals surface area contributed by atoms with Crippen molar-refractivity contribution >= 4 is 16.9 Å². The number of imidazole rings is 1. The van der Waals surface area contributed by atoms with Crippen molar-refractivity contribution < 1.29 is 9.21 Å². The van der Waals surface area contributed by atoms with Gasteiger partial charge in [0, 0.05) is 18.7 Å². The number of carbonyl (C=O) groups excluding carboxylic acids is 1. The number of nitrogens with zero attached hydrogens (tertiary/aromatic N) is 2. The lowest BCUT2D eigenvalue weighted by Gasteiger charge is -2.09. The third kappa shape index (κ3) is 2.99. The van der Waals surface area contributed by atoms with Crippen LogP contribution in [0, 0.1) is 6.92 Å². The summed E-state index contributed by atoms with van der Waals surface area (Å²) in [5.41, 5.74) is 3.00. The Kier molecular flexibility index (Phi) is 4.19. The van der Waals surface area contributed by atoms with Gasteiger partial charge in [-0.25, -0.2) is 4.98 Å². The lowest BCUT2D eigenvalue weighted by molar-refractivity contribution is 0.0923. The van der Waals surface area contributed by atoms with Crippen molar-refractivity contribution in [3.8, 4) is 0 Å². The number of rotatable bonds is 5. The Morgan fingerprint density at radius 3 is 2.87 bits per heavy atom. The average Bonchev–Trinajstić information content (AvgIpc) is 3.12. The zero-order valence-corrected chi connectivity index (χ0v) is 13.7. The Balaban J connectivity index is 1.68. The normalized spacial score (nSPS) is 11.3. The summed E-state index contributed by atoms with van der Waals surface area (Å²) in [6, 6.07) is 9.87. The molecule has 0 aliphatic rings. The predicted molar refractivity (Wildman–Crippen MR) is 89.6 cm³/mol. The fraction of sp³-hybridized carbons (Fsp3) is 0.333. The molecule has 120 valence electrons. The van der Waals surface area contributed by atoms with Gasteiger partial charge in [0.15, 0.2) is 5.76 Å². The number of benzene rings is 1. The molecule has 0 unspecified atom stereocenters. The van der Waals surface area contributed by atoms with Crippen molar-refractivity contribution in [3.05, 3.63) is 53.7 Å². The third-order valence-corrected chi connectivity index (χ3v) is 3.99. The predicted octanol–water partition coefficient (Wildman–Crippen LogP) is 3.49. The Labute approximate surface area is 135 Å². The molecule has 2 aromatic heterocycles. The van der Waals surface area contributed by atoms with Gasteiger partial charge >= 0.3 is 0 Å². The highest BCUT2D eigenvalue weighted by Gasteiger charge is 2.17. The molecule has 1 N–H and O–H groups in total. The first-order valence-corrected chi connectivity index (χ1v) is 7.85. The van der Waals surface area contributed by atoms with E-state index in [4.69, 9.17) is 4.42 Å². The fourth-order valence-corrected chi connectivity index (χ4v) is 2.80. The van der Waals surface area contributed by atoms with Gasteiger partial charge in [0.25, 0.3) is 5.91 Å². The first-order valence-electron chi connectivity index (χ1n) is 7.85. The van der Waals surface area contributed by atoms with E-state index < -0.39 is 0 Å². The zero-order chi connectivity index (χ0) is 16.4. The first kappa shape index (κ1) is 15.3. The quantitative estimate of drug-likeness (QED) is 0.784. The van der Waals surface area contributed by atoms with Gasteiger partial charge in [0.1, 0.15) is 5.82 Å². The highest BCUT2D eigenvalue weighted by molar-refractivity contribution is 5.93. The molecule has 1 amide bonds. The van der Waals surface area contributed by atoms with Crippen LogP contribution < -0.4 is 5.32 Å². The first-order chi connectivity index (χ1) is 11.1. The van der Waals surface area contributed by atoms with Crippen LogP contribution in [0.2, 0.25) is 0 Å². The van der Waals surface area contributed by atoms with Gasteiger partial charge in [0.05, 0.1) is 17.3 Å². The molecule has 0 saturated carbocycles. The molecule has 3 aromatic rings. The number of hydrogen-bond acceptors (Lipinski definition) is 3. The van der Waals surface area contributed by atoms with E-state index in [-0.39, 0.29) is 11.8 Å². The number of para-hydroxylation sites is 2. The highest BCUT2D eigenvalue weighted by atomic mass is 16.3. The maximum Gasteiger partial charge on any atom is 0.287 e. The maximum absolute atomic E-state index is 12.3. The molecule has 5 nitrogen and oxygen atoms in total. The summed E-state index contributed by atoms with van der Waals surface area (Å²) < 4.78 is 7.45. The van der Waals surface area contributed by atoms with Crippen molar-refractivity contribution in [2.45, 2.75) is 33.2 Å². The van der Waals surface area contributed by atoms with Crippen molar-refractivity contribution in [1.82, 2.24) is 14.9 Å². The molecule has 0 aliphatic heterocycles. The number of aryl methyl sites for hydroxylation is 1. The molecule has 23 heavy (non-hydrogen) atoms. The van der Waals surface area contributed by atoms with E-state index in [1.807, 2.05) is 51.1 Å². The molecule has 0 fully saturated rings. The Hall–Kier alpha value is -2.56. The van der Waals surface area contributed by atoms with Crippen molar-refractivity contribution in [2.75, 3.05) is 6.54 Å². The number of hydrogen-bond donors (Lipinski definition) is 1. The maximum atomic E-state index is 12.3. The molecule has 0 radical (unpaired) electrons. The van der Waals surface area contributed by atoms with E-state index in [9.17, 15) is 4.79 Å². The molecular formula is C18H21N3O2. The molecule has 0 atom stereocenters. The number of nitrogens with one attached hydrogen (secondary N) is 1. The van der Waals surface area contributed by atoms with Crippen LogP contribution in [0.15, 0.2) is 41.0 Å². The molecule has 5 heteroatoms. The average molecular weight is 311 g/mol. The minimum absolute atomic E-state index is 0.166. The Morgan fingerprint density at radius 1 is 1.30 bits per heavy atom. The van der Waals surface area contributed by atoms with Gasteiger partial charge < -0.3 is 14.3 Å². The molecule has 0 aliphatic carbocycles. The van der Waals surface area contributed by atoms with Crippen LogP contribution in [0.4, 0.5) is 0 Å². The van der Waals surface area contributed by atoms with Crippen molar-refractivity contribution in [3.63, 3.8) is 0 Å². The fourth-order valence-electron chi connectivity index (χ4n) is 2.80. The summed E-state index contributed by atoms with van der Waals surface area (Å²) in [5, 5.41) is 2.93. The van der Waals surface area contributed by atoms with Crippen LogP contribution in [-0.4, -0.2) is 22.0 Å². The minimum atomic E-state index is -0.166. The van der Waals surface area contributed by atoms with E-state index in [1.165, 1.54) is 0 Å². The van der Waals surface area contributed by atoms with E-state index in [0.717, 1.165) is 22.4 Å². The smallest absolute Gasteiger partial charge is 0.287 e. The van der Waals surface area contributed by atoms with Gasteiger partial charge in [-0.15, -0.1) is 0 Å². The lowest BCUT2D eigenvalue weighted by atomic mass is 10.0. The van der Waals surface area contributed by atoms with E-state index in [0.29, 0.717) is 18.8 Å². The zero-order valence-electron chi connectivity index (χ0n) is 13.7. The van der Waals surface area contributed by atoms with Crippen molar-refractivity contribution in [1.29, 1.82) is 0 Å². The Morgan fingerprint density at radius 2 is 2.09 bits per heavy atom. The van der Waals surface area contributed by atoms with Crippen LogP contribution in [0.1, 0.15) is 41.7 Å². The molecule has 0 bridgehead atoms. The highest BCUT2D eigenvalue weighted by Crippen LogP contribution is 2.20. The summed E-state index contributed by atoms with van der Waals surface area (Å²) in [4.78, 5) is 16.8. The molecule has 1 aromatic carbocycles. The van der Waals surface area contributed by atoms with E-state index in [2.05, 4.69) is 14.9 Å². The summed E-state index contributed by atoms with van der Waals surface area (Å²) >= 11 is 0. The molecule has 0 saturated heterocycles. The summed E-state index contributed by atoms with van der Waals surface area (Å²) in [7, 11) is 0.